The molecule has 76 valence electrons. The predicted octanol–water partition coefficient (Wildman–Crippen LogP) is 1.46. The van der Waals surface area contributed by atoms with E-state index in [4.69, 9.17) is 10.5 Å². The summed E-state index contributed by atoms with van der Waals surface area (Å²) in [6, 6.07) is 0. The largest absolute Gasteiger partial charge is 0.379 e. The molecule has 0 bridgehead atoms. The maximum Gasteiger partial charge on any atom is 0.217 e. The van der Waals surface area contributed by atoms with E-state index in [1.807, 2.05) is 6.92 Å². The summed E-state index contributed by atoms with van der Waals surface area (Å²) >= 11 is 0. The van der Waals surface area contributed by atoms with Crippen molar-refractivity contribution in [1.29, 1.82) is 0 Å². The second kappa shape index (κ2) is 5.22. The van der Waals surface area contributed by atoms with Gasteiger partial charge in [0, 0.05) is 13.0 Å². The Morgan fingerprint density at radius 3 is 2.46 bits per heavy atom. The first-order chi connectivity index (χ1) is 6.22. The van der Waals surface area contributed by atoms with Crippen molar-refractivity contribution in [1.82, 2.24) is 0 Å². The second-order valence-corrected chi connectivity index (χ2v) is 3.77. The Hall–Kier alpha value is -0.570. The van der Waals surface area contributed by atoms with Gasteiger partial charge in [0.25, 0.3) is 0 Å². The van der Waals surface area contributed by atoms with E-state index >= 15 is 0 Å². The van der Waals surface area contributed by atoms with Gasteiger partial charge in [0.1, 0.15) is 0 Å². The molecule has 2 N–H and O–H groups in total. The highest BCUT2D eigenvalue weighted by Crippen LogP contribution is 2.28. The molecular weight excluding hydrogens is 166 g/mol. The Balaban J connectivity index is 2.18. The summed E-state index contributed by atoms with van der Waals surface area (Å²) in [6.45, 7) is 2.82. The number of amides is 1. The van der Waals surface area contributed by atoms with Crippen molar-refractivity contribution in [2.45, 2.75) is 45.1 Å². The van der Waals surface area contributed by atoms with E-state index in [0.29, 0.717) is 18.4 Å². The van der Waals surface area contributed by atoms with Crippen molar-refractivity contribution < 1.29 is 9.53 Å². The first kappa shape index (κ1) is 10.5. The van der Waals surface area contributed by atoms with Crippen molar-refractivity contribution in [2.75, 3.05) is 6.61 Å². The lowest BCUT2D eigenvalue weighted by atomic mass is 9.85. The van der Waals surface area contributed by atoms with Gasteiger partial charge >= 0.3 is 0 Å². The summed E-state index contributed by atoms with van der Waals surface area (Å²) in [5.41, 5.74) is 5.15. The molecule has 0 saturated heterocycles. The first-order valence-corrected chi connectivity index (χ1v) is 5.12. The number of carbonyl (C=O) groups excluding carboxylic acids is 1. The van der Waals surface area contributed by atoms with Crippen LogP contribution in [-0.4, -0.2) is 18.6 Å². The average Bonchev–Trinajstić information content (AvgIpc) is 2.08. The molecule has 0 aromatic heterocycles. The van der Waals surface area contributed by atoms with Crippen LogP contribution in [0.25, 0.3) is 0 Å². The minimum absolute atomic E-state index is 0.167. The Labute approximate surface area is 79.6 Å². The summed E-state index contributed by atoms with van der Waals surface area (Å²) in [5, 5.41) is 0. The van der Waals surface area contributed by atoms with Crippen LogP contribution in [0.5, 0.6) is 0 Å². The Morgan fingerprint density at radius 1 is 1.38 bits per heavy atom. The average molecular weight is 185 g/mol. The Morgan fingerprint density at radius 2 is 2.00 bits per heavy atom. The molecule has 0 radical (unpaired) electrons. The van der Waals surface area contributed by atoms with Crippen molar-refractivity contribution in [2.24, 2.45) is 11.7 Å². The van der Waals surface area contributed by atoms with E-state index in [-0.39, 0.29) is 5.91 Å². The number of hydrogen-bond donors (Lipinski definition) is 1. The van der Waals surface area contributed by atoms with E-state index in [0.717, 1.165) is 32.3 Å². The van der Waals surface area contributed by atoms with E-state index in [1.54, 1.807) is 0 Å². The maximum absolute atomic E-state index is 10.7. The summed E-state index contributed by atoms with van der Waals surface area (Å²) < 4.78 is 5.52. The number of ether oxygens (including phenoxy) is 1. The van der Waals surface area contributed by atoms with Crippen molar-refractivity contribution in [3.63, 3.8) is 0 Å². The van der Waals surface area contributed by atoms with Gasteiger partial charge < -0.3 is 10.5 Å². The molecule has 0 aromatic rings. The lowest BCUT2D eigenvalue weighted by molar-refractivity contribution is -0.119. The van der Waals surface area contributed by atoms with Crippen LogP contribution in [0.3, 0.4) is 0 Å². The predicted molar refractivity (Wildman–Crippen MR) is 51.2 cm³/mol. The molecule has 0 aliphatic heterocycles. The molecule has 3 nitrogen and oxygen atoms in total. The molecule has 3 heteroatoms. The molecule has 1 aliphatic carbocycles. The van der Waals surface area contributed by atoms with Crippen LogP contribution >= 0.6 is 0 Å². The van der Waals surface area contributed by atoms with Crippen molar-refractivity contribution in [3.8, 4) is 0 Å². The SMILES string of the molecule is CCOC1CCC(CC(N)=O)CC1. The van der Waals surface area contributed by atoms with Crippen LogP contribution in [0.4, 0.5) is 0 Å². The van der Waals surface area contributed by atoms with Gasteiger partial charge in [-0.25, -0.2) is 0 Å². The van der Waals surface area contributed by atoms with Gasteiger partial charge in [-0.15, -0.1) is 0 Å². The van der Waals surface area contributed by atoms with Gasteiger partial charge in [0.15, 0.2) is 0 Å². The third-order valence-electron chi connectivity index (χ3n) is 2.69. The van der Waals surface area contributed by atoms with Gasteiger partial charge in [-0.1, -0.05) is 0 Å². The standard InChI is InChI=1S/C10H19NO2/c1-2-13-9-5-3-8(4-6-9)7-10(11)12/h8-9H,2-7H2,1H3,(H2,11,12). The van der Waals surface area contributed by atoms with E-state index in [9.17, 15) is 4.79 Å². The molecule has 0 atom stereocenters. The quantitative estimate of drug-likeness (QED) is 0.720. The molecule has 0 spiro atoms. The molecule has 0 heterocycles. The molecule has 13 heavy (non-hydrogen) atoms. The highest BCUT2D eigenvalue weighted by molar-refractivity contribution is 5.73. The topological polar surface area (TPSA) is 52.3 Å². The van der Waals surface area contributed by atoms with Crippen LogP contribution in [0, 0.1) is 5.92 Å². The zero-order valence-electron chi connectivity index (χ0n) is 8.29. The Bertz CT molecular complexity index is 162. The fourth-order valence-corrected chi connectivity index (χ4v) is 2.02. The molecular formula is C10H19NO2. The normalized spacial score (nSPS) is 28.7. The number of nitrogens with two attached hydrogens (primary N) is 1. The molecule has 1 fully saturated rings. The summed E-state index contributed by atoms with van der Waals surface area (Å²) in [7, 11) is 0. The van der Waals surface area contributed by atoms with E-state index < -0.39 is 0 Å². The van der Waals surface area contributed by atoms with Crippen LogP contribution in [0.2, 0.25) is 0 Å². The summed E-state index contributed by atoms with van der Waals surface area (Å²) in [6.07, 6.45) is 5.34. The zero-order valence-corrected chi connectivity index (χ0v) is 8.29. The molecule has 1 rings (SSSR count). The molecule has 1 aliphatic rings. The van der Waals surface area contributed by atoms with Crippen LogP contribution < -0.4 is 5.73 Å². The van der Waals surface area contributed by atoms with Crippen LogP contribution in [0.1, 0.15) is 39.0 Å². The lowest BCUT2D eigenvalue weighted by Crippen LogP contribution is -2.25. The zero-order chi connectivity index (χ0) is 9.68. The van der Waals surface area contributed by atoms with Gasteiger partial charge in [0.2, 0.25) is 5.91 Å². The fraction of sp³-hybridized carbons (Fsp3) is 0.900. The van der Waals surface area contributed by atoms with E-state index in [2.05, 4.69) is 0 Å². The van der Waals surface area contributed by atoms with Crippen molar-refractivity contribution in [3.05, 3.63) is 0 Å². The van der Waals surface area contributed by atoms with Gasteiger partial charge in [-0.3, -0.25) is 4.79 Å². The monoisotopic (exact) mass is 185 g/mol. The summed E-state index contributed by atoms with van der Waals surface area (Å²) in [4.78, 5) is 10.7. The first-order valence-electron chi connectivity index (χ1n) is 5.12. The van der Waals surface area contributed by atoms with Gasteiger partial charge in [-0.2, -0.15) is 0 Å². The molecule has 0 unspecified atom stereocenters. The van der Waals surface area contributed by atoms with Crippen LogP contribution in [0.15, 0.2) is 0 Å². The van der Waals surface area contributed by atoms with Gasteiger partial charge in [-0.05, 0) is 38.5 Å². The molecule has 1 saturated carbocycles. The fourth-order valence-electron chi connectivity index (χ4n) is 2.02. The Kier molecular flexibility index (Phi) is 4.22. The highest BCUT2D eigenvalue weighted by atomic mass is 16.5. The number of hydrogen-bond acceptors (Lipinski definition) is 2. The third kappa shape index (κ3) is 3.77. The van der Waals surface area contributed by atoms with E-state index in [1.165, 1.54) is 0 Å². The summed E-state index contributed by atoms with van der Waals surface area (Å²) in [5.74, 6) is 0.342. The smallest absolute Gasteiger partial charge is 0.217 e. The maximum atomic E-state index is 10.7. The second-order valence-electron chi connectivity index (χ2n) is 3.77. The molecule has 1 amide bonds. The number of rotatable bonds is 4. The molecule has 0 aromatic carbocycles. The highest BCUT2D eigenvalue weighted by Gasteiger charge is 2.22. The van der Waals surface area contributed by atoms with Crippen LogP contribution in [-0.2, 0) is 9.53 Å². The number of carbonyl (C=O) groups is 1. The minimum Gasteiger partial charge on any atom is -0.379 e. The minimum atomic E-state index is -0.167. The lowest BCUT2D eigenvalue weighted by Gasteiger charge is -2.27. The van der Waals surface area contributed by atoms with Gasteiger partial charge in [0.05, 0.1) is 6.10 Å². The van der Waals surface area contributed by atoms with Crippen molar-refractivity contribution >= 4 is 5.91 Å². The third-order valence-corrected chi connectivity index (χ3v) is 2.69. The number of primary amides is 1.